The van der Waals surface area contributed by atoms with Crippen molar-refractivity contribution in [3.05, 3.63) is 40.9 Å². The summed E-state index contributed by atoms with van der Waals surface area (Å²) in [5.41, 5.74) is 0.556. The predicted octanol–water partition coefficient (Wildman–Crippen LogP) is 1.47. The molecule has 2 aromatic rings. The Hall–Kier alpha value is -2.21. The van der Waals surface area contributed by atoms with Gasteiger partial charge in [-0.3, -0.25) is 14.2 Å². The number of para-hydroxylation sites is 1. The minimum atomic E-state index is -0.115. The first-order valence-electron chi connectivity index (χ1n) is 8.00. The molecule has 1 fully saturated rings. The maximum atomic E-state index is 12.3. The van der Waals surface area contributed by atoms with Crippen molar-refractivity contribution in [2.75, 3.05) is 6.61 Å². The quantitative estimate of drug-likeness (QED) is 0.907. The summed E-state index contributed by atoms with van der Waals surface area (Å²) in [4.78, 5) is 28.7. The van der Waals surface area contributed by atoms with Crippen LogP contribution in [-0.2, 0) is 16.1 Å². The molecule has 0 radical (unpaired) electrons. The van der Waals surface area contributed by atoms with Gasteiger partial charge in [0.05, 0.1) is 29.4 Å². The van der Waals surface area contributed by atoms with Crippen LogP contribution >= 0.6 is 0 Å². The normalized spacial score (nSPS) is 18.9. The van der Waals surface area contributed by atoms with Crippen molar-refractivity contribution in [3.63, 3.8) is 0 Å². The van der Waals surface area contributed by atoms with Crippen LogP contribution in [0.15, 0.2) is 35.4 Å². The fourth-order valence-electron chi connectivity index (χ4n) is 2.90. The summed E-state index contributed by atoms with van der Waals surface area (Å²) in [5, 5.41) is 3.52. The Kier molecular flexibility index (Phi) is 4.71. The lowest BCUT2D eigenvalue weighted by molar-refractivity contribution is -0.122. The molecule has 0 spiro atoms. The van der Waals surface area contributed by atoms with E-state index in [1.165, 1.54) is 10.9 Å². The average Bonchev–Trinajstić information content (AvgIpc) is 3.09. The van der Waals surface area contributed by atoms with Gasteiger partial charge in [-0.05, 0) is 31.9 Å². The van der Waals surface area contributed by atoms with Crippen LogP contribution in [0, 0.1) is 0 Å². The number of fused-ring (bicyclic) bond motifs is 1. The van der Waals surface area contributed by atoms with E-state index in [4.69, 9.17) is 4.74 Å². The van der Waals surface area contributed by atoms with Gasteiger partial charge in [-0.25, -0.2) is 4.98 Å². The predicted molar refractivity (Wildman–Crippen MR) is 87.2 cm³/mol. The lowest BCUT2D eigenvalue weighted by Crippen LogP contribution is -2.41. The van der Waals surface area contributed by atoms with Gasteiger partial charge in [0.15, 0.2) is 0 Å². The number of hydrogen-bond donors (Lipinski definition) is 1. The highest BCUT2D eigenvalue weighted by Crippen LogP contribution is 2.15. The maximum absolute atomic E-state index is 12.3. The molecule has 1 N–H and O–H groups in total. The minimum Gasteiger partial charge on any atom is -0.376 e. The van der Waals surface area contributed by atoms with Crippen molar-refractivity contribution < 1.29 is 9.53 Å². The lowest BCUT2D eigenvalue weighted by Gasteiger charge is -2.20. The van der Waals surface area contributed by atoms with Crippen LogP contribution in [0.1, 0.15) is 26.2 Å². The van der Waals surface area contributed by atoms with Gasteiger partial charge in [-0.2, -0.15) is 0 Å². The molecule has 3 rings (SSSR count). The molecule has 0 aliphatic carbocycles. The van der Waals surface area contributed by atoms with E-state index >= 15 is 0 Å². The molecule has 1 aliphatic heterocycles. The van der Waals surface area contributed by atoms with E-state index in [2.05, 4.69) is 10.3 Å². The lowest BCUT2D eigenvalue weighted by atomic mass is 10.1. The second-order valence-corrected chi connectivity index (χ2v) is 5.92. The van der Waals surface area contributed by atoms with Crippen molar-refractivity contribution in [1.29, 1.82) is 0 Å². The van der Waals surface area contributed by atoms with Crippen molar-refractivity contribution in [2.45, 2.75) is 44.9 Å². The van der Waals surface area contributed by atoms with E-state index < -0.39 is 0 Å². The number of aryl methyl sites for hydroxylation is 1. The summed E-state index contributed by atoms with van der Waals surface area (Å²) in [6.07, 6.45) is 3.88. The first-order valence-corrected chi connectivity index (χ1v) is 8.00. The highest BCUT2D eigenvalue weighted by molar-refractivity contribution is 5.77. The van der Waals surface area contributed by atoms with Gasteiger partial charge >= 0.3 is 0 Å². The van der Waals surface area contributed by atoms with Gasteiger partial charge in [0, 0.05) is 19.6 Å². The number of nitrogens with zero attached hydrogens (tertiary/aromatic N) is 2. The molecule has 6 nitrogen and oxygen atoms in total. The van der Waals surface area contributed by atoms with Gasteiger partial charge < -0.3 is 10.1 Å². The number of carbonyl (C=O) groups is 1. The summed E-state index contributed by atoms with van der Waals surface area (Å²) in [7, 11) is 0. The second kappa shape index (κ2) is 6.91. The molecule has 0 unspecified atom stereocenters. The summed E-state index contributed by atoms with van der Waals surface area (Å²) in [6.45, 7) is 3.04. The van der Waals surface area contributed by atoms with Crippen LogP contribution in [0.25, 0.3) is 10.9 Å². The largest absolute Gasteiger partial charge is 0.376 e. The standard InChI is InChI=1S/C17H21N3O3/c1-12(15-7-4-10-23-15)19-16(21)8-9-20-11-18-14-6-3-2-5-13(14)17(20)22/h2-3,5-6,11-12,15H,4,7-10H2,1H3,(H,19,21)/t12-,15+/m1/s1. The van der Waals surface area contributed by atoms with Crippen LogP contribution in [0.3, 0.4) is 0 Å². The van der Waals surface area contributed by atoms with Gasteiger partial charge in [0.1, 0.15) is 0 Å². The molecular formula is C17H21N3O3. The SMILES string of the molecule is C[C@@H](NC(=O)CCn1cnc2ccccc2c1=O)[C@@H]1CCCO1. The summed E-state index contributed by atoms with van der Waals surface area (Å²) >= 11 is 0. The zero-order valence-corrected chi connectivity index (χ0v) is 13.2. The van der Waals surface area contributed by atoms with Crippen molar-refractivity contribution in [3.8, 4) is 0 Å². The zero-order valence-electron chi connectivity index (χ0n) is 13.2. The number of amides is 1. The first kappa shape index (κ1) is 15.7. The first-order chi connectivity index (χ1) is 11.1. The Morgan fingerprint density at radius 1 is 1.48 bits per heavy atom. The van der Waals surface area contributed by atoms with Gasteiger partial charge in [0.25, 0.3) is 5.56 Å². The number of benzene rings is 1. The van der Waals surface area contributed by atoms with E-state index in [0.29, 0.717) is 17.4 Å². The van der Waals surface area contributed by atoms with Crippen molar-refractivity contribution in [2.24, 2.45) is 0 Å². The third-order valence-electron chi connectivity index (χ3n) is 4.22. The van der Waals surface area contributed by atoms with Crippen LogP contribution in [-0.4, -0.2) is 34.2 Å². The minimum absolute atomic E-state index is 0.00329. The van der Waals surface area contributed by atoms with Crippen LogP contribution in [0.5, 0.6) is 0 Å². The van der Waals surface area contributed by atoms with E-state index in [1.54, 1.807) is 12.1 Å². The van der Waals surface area contributed by atoms with E-state index in [1.807, 2.05) is 19.1 Å². The Morgan fingerprint density at radius 2 is 2.30 bits per heavy atom. The molecule has 23 heavy (non-hydrogen) atoms. The fourth-order valence-corrected chi connectivity index (χ4v) is 2.90. The molecular weight excluding hydrogens is 294 g/mol. The maximum Gasteiger partial charge on any atom is 0.261 e. The molecule has 2 atom stereocenters. The summed E-state index contributed by atoms with van der Waals surface area (Å²) in [5.74, 6) is -0.0759. The number of carbonyl (C=O) groups excluding carboxylic acids is 1. The van der Waals surface area contributed by atoms with E-state index in [9.17, 15) is 9.59 Å². The van der Waals surface area contributed by atoms with Gasteiger partial charge in [0.2, 0.25) is 5.91 Å². The van der Waals surface area contributed by atoms with Crippen LogP contribution < -0.4 is 10.9 Å². The molecule has 122 valence electrons. The molecule has 6 heteroatoms. The molecule has 1 aromatic carbocycles. The molecule has 0 saturated carbocycles. The molecule has 1 aromatic heterocycles. The Bertz CT molecular complexity index is 750. The summed E-state index contributed by atoms with van der Waals surface area (Å²) < 4.78 is 7.05. The van der Waals surface area contributed by atoms with Crippen LogP contribution in [0.2, 0.25) is 0 Å². The fraction of sp³-hybridized carbons (Fsp3) is 0.471. The van der Waals surface area contributed by atoms with E-state index in [0.717, 1.165) is 19.4 Å². The Labute approximate surface area is 134 Å². The molecule has 1 aliphatic rings. The third-order valence-corrected chi connectivity index (χ3v) is 4.22. The summed E-state index contributed by atoms with van der Waals surface area (Å²) in [6, 6.07) is 7.21. The monoisotopic (exact) mass is 315 g/mol. The van der Waals surface area contributed by atoms with Gasteiger partial charge in [-0.1, -0.05) is 12.1 Å². The topological polar surface area (TPSA) is 73.2 Å². The molecule has 1 amide bonds. The average molecular weight is 315 g/mol. The number of ether oxygens (including phenoxy) is 1. The highest BCUT2D eigenvalue weighted by Gasteiger charge is 2.23. The number of nitrogens with one attached hydrogen (secondary N) is 1. The third kappa shape index (κ3) is 3.59. The molecule has 1 saturated heterocycles. The van der Waals surface area contributed by atoms with E-state index in [-0.39, 0.29) is 30.0 Å². The number of rotatable bonds is 5. The number of aromatic nitrogens is 2. The zero-order chi connectivity index (χ0) is 16.2. The Balaban J connectivity index is 1.60. The smallest absolute Gasteiger partial charge is 0.261 e. The van der Waals surface area contributed by atoms with Crippen molar-refractivity contribution in [1.82, 2.24) is 14.9 Å². The Morgan fingerprint density at radius 3 is 3.09 bits per heavy atom. The van der Waals surface area contributed by atoms with Gasteiger partial charge in [-0.15, -0.1) is 0 Å². The second-order valence-electron chi connectivity index (χ2n) is 5.92. The highest BCUT2D eigenvalue weighted by atomic mass is 16.5. The van der Waals surface area contributed by atoms with Crippen LogP contribution in [0.4, 0.5) is 0 Å². The van der Waals surface area contributed by atoms with Crippen molar-refractivity contribution >= 4 is 16.8 Å². The molecule has 0 bridgehead atoms. The molecule has 2 heterocycles. The number of hydrogen-bond acceptors (Lipinski definition) is 4.